The first-order valence-electron chi connectivity index (χ1n) is 6.48. The topological polar surface area (TPSA) is 3.24 Å². The molecule has 0 atom stereocenters. The van der Waals surface area contributed by atoms with Crippen molar-refractivity contribution < 1.29 is 18.9 Å². The van der Waals surface area contributed by atoms with Gasteiger partial charge in [-0.25, -0.2) is 0 Å². The molecule has 0 bridgehead atoms. The molecule has 2 heteroatoms. The molecule has 0 heterocycles. The summed E-state index contributed by atoms with van der Waals surface area (Å²) in [5.41, 5.74) is 2.73. The van der Waals surface area contributed by atoms with Crippen molar-refractivity contribution in [3.8, 4) is 0 Å². The quantitative estimate of drug-likeness (QED) is 0.540. The van der Waals surface area contributed by atoms with E-state index >= 15 is 0 Å². The van der Waals surface area contributed by atoms with Crippen LogP contribution < -0.4 is 18.9 Å². The fourth-order valence-corrected chi connectivity index (χ4v) is 2.12. The van der Waals surface area contributed by atoms with Crippen molar-refractivity contribution in [1.29, 1.82) is 0 Å². The Morgan fingerprint density at radius 1 is 0.737 bits per heavy atom. The Balaban J connectivity index is 0.00000180. The third-order valence-electron chi connectivity index (χ3n) is 2.97. The average molecular weight is 245 g/mol. The Kier molecular flexibility index (Phi) is 7.60. The summed E-state index contributed by atoms with van der Waals surface area (Å²) < 4.78 is 0. The average Bonchev–Trinajstić information content (AvgIpc) is 2.41. The van der Waals surface area contributed by atoms with Gasteiger partial charge in [-0.15, -0.1) is 0 Å². The number of nitrogens with zero attached hydrogens (tertiary/aromatic N) is 1. The molecule has 0 aliphatic heterocycles. The van der Waals surface area contributed by atoms with Gasteiger partial charge in [-0.1, -0.05) is 60.7 Å². The molecule has 0 fully saturated rings. The first kappa shape index (κ1) is 16.1. The summed E-state index contributed by atoms with van der Waals surface area (Å²) in [5, 5.41) is 0. The van der Waals surface area contributed by atoms with Gasteiger partial charge >= 0.3 is 18.9 Å². The molecule has 2 aromatic rings. The van der Waals surface area contributed by atoms with E-state index < -0.39 is 0 Å². The van der Waals surface area contributed by atoms with E-state index in [0.717, 1.165) is 26.1 Å². The molecule has 0 radical (unpaired) electrons. The maximum Gasteiger partial charge on any atom is 1.00 e. The van der Waals surface area contributed by atoms with Crippen LogP contribution in [0.1, 0.15) is 17.5 Å². The standard InChI is InChI=1S/C17H20N.Li/c1-2-13-18(14-16-9-5-3-6-10-16)15-17-11-7-4-8-12-17;/h3-12H,1-2,13-15H2;/q-1;+1. The first-order chi connectivity index (χ1) is 8.88. The summed E-state index contributed by atoms with van der Waals surface area (Å²) >= 11 is 0. The molecule has 0 unspecified atom stereocenters. The van der Waals surface area contributed by atoms with Gasteiger partial charge in [0.2, 0.25) is 0 Å². The van der Waals surface area contributed by atoms with E-state index in [0.29, 0.717) is 0 Å². The SMILES string of the molecule is [CH2-]CCN(Cc1ccccc1)Cc1ccccc1.[Li+]. The molecular weight excluding hydrogens is 225 g/mol. The zero-order valence-corrected chi connectivity index (χ0v) is 11.8. The van der Waals surface area contributed by atoms with E-state index in [1.807, 2.05) is 0 Å². The van der Waals surface area contributed by atoms with E-state index in [2.05, 4.69) is 72.5 Å². The number of hydrogen-bond donors (Lipinski definition) is 0. The van der Waals surface area contributed by atoms with Crippen LogP contribution in [0.25, 0.3) is 0 Å². The first-order valence-corrected chi connectivity index (χ1v) is 6.48. The fraction of sp³-hybridized carbons (Fsp3) is 0.235. The smallest absolute Gasteiger partial charge is 0.342 e. The molecule has 0 aliphatic carbocycles. The Morgan fingerprint density at radius 3 is 1.53 bits per heavy atom. The maximum absolute atomic E-state index is 3.97. The Bertz CT molecular complexity index is 400. The molecule has 0 amide bonds. The monoisotopic (exact) mass is 245 g/mol. The van der Waals surface area contributed by atoms with Crippen LogP contribution in [0.15, 0.2) is 60.7 Å². The predicted octanol–water partition coefficient (Wildman–Crippen LogP) is 0.917. The van der Waals surface area contributed by atoms with Crippen molar-refractivity contribution in [2.45, 2.75) is 19.5 Å². The minimum atomic E-state index is 0. The zero-order valence-electron chi connectivity index (χ0n) is 11.8. The summed E-state index contributed by atoms with van der Waals surface area (Å²) in [4.78, 5) is 2.44. The second kappa shape index (κ2) is 8.99. The number of benzene rings is 2. The molecule has 0 saturated heterocycles. The van der Waals surface area contributed by atoms with Crippen molar-refractivity contribution in [1.82, 2.24) is 4.90 Å². The van der Waals surface area contributed by atoms with Gasteiger partial charge in [0, 0.05) is 13.1 Å². The van der Waals surface area contributed by atoms with Crippen molar-refractivity contribution in [2.24, 2.45) is 0 Å². The summed E-state index contributed by atoms with van der Waals surface area (Å²) in [5.74, 6) is 0. The normalized spacial score (nSPS) is 10.2. The minimum Gasteiger partial charge on any atom is -0.342 e. The van der Waals surface area contributed by atoms with Crippen LogP contribution >= 0.6 is 0 Å². The molecule has 1 nitrogen and oxygen atoms in total. The Hall–Kier alpha value is -1.00. The second-order valence-corrected chi connectivity index (χ2v) is 4.54. The van der Waals surface area contributed by atoms with Crippen molar-refractivity contribution >= 4 is 0 Å². The Morgan fingerprint density at radius 2 is 1.16 bits per heavy atom. The third-order valence-corrected chi connectivity index (χ3v) is 2.97. The van der Waals surface area contributed by atoms with Crippen LogP contribution in [-0.4, -0.2) is 11.4 Å². The zero-order chi connectivity index (χ0) is 12.6. The predicted molar refractivity (Wildman–Crippen MR) is 77.0 cm³/mol. The van der Waals surface area contributed by atoms with E-state index in [-0.39, 0.29) is 18.9 Å². The van der Waals surface area contributed by atoms with E-state index in [4.69, 9.17) is 0 Å². The largest absolute Gasteiger partial charge is 1.00 e. The van der Waals surface area contributed by atoms with Gasteiger partial charge in [0.25, 0.3) is 0 Å². The fourth-order valence-electron chi connectivity index (χ4n) is 2.12. The summed E-state index contributed by atoms with van der Waals surface area (Å²) in [6.07, 6.45) is 0.944. The van der Waals surface area contributed by atoms with Gasteiger partial charge in [0.1, 0.15) is 0 Å². The summed E-state index contributed by atoms with van der Waals surface area (Å²) in [6, 6.07) is 21.2. The maximum atomic E-state index is 3.97. The van der Waals surface area contributed by atoms with E-state index in [1.54, 1.807) is 0 Å². The van der Waals surface area contributed by atoms with Crippen molar-refractivity contribution in [3.05, 3.63) is 78.7 Å². The van der Waals surface area contributed by atoms with E-state index in [9.17, 15) is 0 Å². The number of hydrogen-bond acceptors (Lipinski definition) is 1. The number of rotatable bonds is 6. The van der Waals surface area contributed by atoms with Gasteiger partial charge < -0.3 is 6.92 Å². The molecule has 0 aliphatic rings. The van der Waals surface area contributed by atoms with Gasteiger partial charge in [-0.3, -0.25) is 4.90 Å². The summed E-state index contributed by atoms with van der Waals surface area (Å²) in [7, 11) is 0. The van der Waals surface area contributed by atoms with Crippen LogP contribution in [0.4, 0.5) is 0 Å². The van der Waals surface area contributed by atoms with Crippen molar-refractivity contribution in [3.63, 3.8) is 0 Å². The minimum absolute atomic E-state index is 0. The van der Waals surface area contributed by atoms with Crippen LogP contribution in [-0.2, 0) is 13.1 Å². The van der Waals surface area contributed by atoms with Crippen LogP contribution in [0.5, 0.6) is 0 Å². The summed E-state index contributed by atoms with van der Waals surface area (Å²) in [6.45, 7) is 6.98. The van der Waals surface area contributed by atoms with Crippen LogP contribution in [0.3, 0.4) is 0 Å². The molecule has 2 aromatic carbocycles. The molecular formula is C17H20LiN. The molecule has 0 N–H and O–H groups in total. The second-order valence-electron chi connectivity index (χ2n) is 4.54. The molecule has 0 spiro atoms. The van der Waals surface area contributed by atoms with Gasteiger partial charge in [-0.2, -0.15) is 6.42 Å². The molecule has 0 saturated carbocycles. The van der Waals surface area contributed by atoms with Crippen LogP contribution in [0.2, 0.25) is 0 Å². The third kappa shape index (κ3) is 5.66. The van der Waals surface area contributed by atoms with Crippen LogP contribution in [0, 0.1) is 6.92 Å². The van der Waals surface area contributed by atoms with Gasteiger partial charge in [-0.05, 0) is 17.7 Å². The molecule has 0 aromatic heterocycles. The van der Waals surface area contributed by atoms with Gasteiger partial charge in [0.15, 0.2) is 0 Å². The van der Waals surface area contributed by atoms with Gasteiger partial charge in [0.05, 0.1) is 0 Å². The Labute approximate surface area is 128 Å². The molecule has 94 valence electrons. The van der Waals surface area contributed by atoms with Crippen molar-refractivity contribution in [2.75, 3.05) is 6.54 Å². The molecule has 2 rings (SSSR count). The molecule has 19 heavy (non-hydrogen) atoms. The van der Waals surface area contributed by atoms with E-state index in [1.165, 1.54) is 11.1 Å².